The van der Waals surface area contributed by atoms with Gasteiger partial charge in [-0.15, -0.1) is 0 Å². The lowest BCUT2D eigenvalue weighted by molar-refractivity contribution is 0.0472. The number of hydrogen-bond acceptors (Lipinski definition) is 3. The van der Waals surface area contributed by atoms with Gasteiger partial charge in [0, 0.05) is 13.6 Å². The standard InChI is InChI=1S/C20H22Cl2N2O2/c1-5-24(4)12-23-19-9-13(2)16(8-14(19)3)20(25)26-11-15-6-7-17(21)18(22)10-15/h6-10,12H,5,11H2,1-4H3. The van der Waals surface area contributed by atoms with E-state index in [-0.39, 0.29) is 12.6 Å². The highest BCUT2D eigenvalue weighted by Crippen LogP contribution is 2.25. The second-order valence-corrected chi connectivity index (χ2v) is 6.91. The van der Waals surface area contributed by atoms with Gasteiger partial charge in [0.1, 0.15) is 6.61 Å². The van der Waals surface area contributed by atoms with E-state index in [1.54, 1.807) is 24.5 Å². The van der Waals surface area contributed by atoms with Crippen LogP contribution in [0.2, 0.25) is 10.0 Å². The summed E-state index contributed by atoms with van der Waals surface area (Å²) in [6.07, 6.45) is 1.78. The molecule has 0 aromatic heterocycles. The predicted octanol–water partition coefficient (Wildman–Crippen LogP) is 5.58. The number of benzene rings is 2. The van der Waals surface area contributed by atoms with Gasteiger partial charge in [-0.25, -0.2) is 9.79 Å². The predicted molar refractivity (Wildman–Crippen MR) is 108 cm³/mol. The molecule has 0 aliphatic carbocycles. The molecule has 0 unspecified atom stereocenters. The number of halogens is 2. The van der Waals surface area contributed by atoms with Gasteiger partial charge in [0.25, 0.3) is 0 Å². The van der Waals surface area contributed by atoms with Crippen molar-refractivity contribution in [3.8, 4) is 0 Å². The Bertz CT molecular complexity index is 835. The molecule has 0 bridgehead atoms. The van der Waals surface area contributed by atoms with Crippen LogP contribution in [0.15, 0.2) is 35.3 Å². The minimum Gasteiger partial charge on any atom is -0.457 e. The molecule has 2 aromatic rings. The molecule has 0 fully saturated rings. The average Bonchev–Trinajstić information content (AvgIpc) is 2.62. The summed E-state index contributed by atoms with van der Waals surface area (Å²) >= 11 is 11.9. The molecule has 0 saturated heterocycles. The molecule has 0 radical (unpaired) electrons. The summed E-state index contributed by atoms with van der Waals surface area (Å²) in [5.74, 6) is -0.377. The lowest BCUT2D eigenvalue weighted by Gasteiger charge is -2.12. The second-order valence-electron chi connectivity index (χ2n) is 6.10. The van der Waals surface area contributed by atoms with Crippen LogP contribution in [0.4, 0.5) is 5.69 Å². The number of nitrogens with zero attached hydrogens (tertiary/aromatic N) is 2. The Labute approximate surface area is 164 Å². The third-order valence-electron chi connectivity index (χ3n) is 4.01. The van der Waals surface area contributed by atoms with Gasteiger partial charge in [-0.3, -0.25) is 0 Å². The number of carbonyl (C=O) groups excluding carboxylic acids is 1. The largest absolute Gasteiger partial charge is 0.457 e. The first kappa shape index (κ1) is 20.3. The Kier molecular flexibility index (Phi) is 7.06. The summed E-state index contributed by atoms with van der Waals surface area (Å²) in [7, 11) is 1.96. The smallest absolute Gasteiger partial charge is 0.338 e. The zero-order valence-electron chi connectivity index (χ0n) is 15.3. The topological polar surface area (TPSA) is 41.9 Å². The normalized spacial score (nSPS) is 11.0. The van der Waals surface area contributed by atoms with Crippen molar-refractivity contribution in [3.63, 3.8) is 0 Å². The van der Waals surface area contributed by atoms with E-state index in [1.165, 1.54) is 0 Å². The summed E-state index contributed by atoms with van der Waals surface area (Å²) < 4.78 is 5.41. The molecule has 2 rings (SSSR count). The van der Waals surface area contributed by atoms with Gasteiger partial charge in [0.05, 0.1) is 27.6 Å². The van der Waals surface area contributed by atoms with Crippen molar-refractivity contribution in [1.29, 1.82) is 0 Å². The maximum atomic E-state index is 12.4. The highest BCUT2D eigenvalue weighted by Gasteiger charge is 2.13. The molecule has 2 aromatic carbocycles. The fourth-order valence-electron chi connectivity index (χ4n) is 2.26. The van der Waals surface area contributed by atoms with Crippen LogP contribution >= 0.6 is 23.2 Å². The third-order valence-corrected chi connectivity index (χ3v) is 4.75. The first-order valence-electron chi connectivity index (χ1n) is 8.28. The van der Waals surface area contributed by atoms with Crippen LogP contribution in [-0.2, 0) is 11.3 Å². The van der Waals surface area contributed by atoms with E-state index in [4.69, 9.17) is 27.9 Å². The van der Waals surface area contributed by atoms with Gasteiger partial charge in [-0.05, 0) is 61.7 Å². The third kappa shape index (κ3) is 5.23. The van der Waals surface area contributed by atoms with Crippen LogP contribution in [0.25, 0.3) is 0 Å². The van der Waals surface area contributed by atoms with E-state index in [2.05, 4.69) is 11.9 Å². The summed E-state index contributed by atoms with van der Waals surface area (Å²) in [4.78, 5) is 18.9. The lowest BCUT2D eigenvalue weighted by Crippen LogP contribution is -2.14. The van der Waals surface area contributed by atoms with Crippen LogP contribution in [-0.4, -0.2) is 30.8 Å². The van der Waals surface area contributed by atoms with Crippen molar-refractivity contribution in [2.24, 2.45) is 4.99 Å². The van der Waals surface area contributed by atoms with E-state index < -0.39 is 0 Å². The average molecular weight is 393 g/mol. The Morgan fingerprint density at radius 3 is 2.54 bits per heavy atom. The molecule has 0 amide bonds. The van der Waals surface area contributed by atoms with Crippen molar-refractivity contribution in [2.45, 2.75) is 27.4 Å². The Morgan fingerprint density at radius 1 is 1.15 bits per heavy atom. The van der Waals surface area contributed by atoms with E-state index in [0.717, 1.165) is 28.9 Å². The highest BCUT2D eigenvalue weighted by atomic mass is 35.5. The first-order chi connectivity index (χ1) is 12.3. The zero-order chi connectivity index (χ0) is 19.3. The van der Waals surface area contributed by atoms with Crippen molar-refractivity contribution in [1.82, 2.24) is 4.90 Å². The van der Waals surface area contributed by atoms with E-state index in [9.17, 15) is 4.79 Å². The monoisotopic (exact) mass is 392 g/mol. The number of aliphatic imine (C=N–C) groups is 1. The van der Waals surface area contributed by atoms with Crippen molar-refractivity contribution in [3.05, 3.63) is 62.6 Å². The molecule has 0 atom stereocenters. The fourth-order valence-corrected chi connectivity index (χ4v) is 2.58. The molecule has 0 aliphatic heterocycles. The zero-order valence-corrected chi connectivity index (χ0v) is 16.9. The SMILES string of the molecule is CCN(C)C=Nc1cc(C)c(C(=O)OCc2ccc(Cl)c(Cl)c2)cc1C. The second kappa shape index (κ2) is 9.06. The van der Waals surface area contributed by atoms with Gasteiger partial charge in [-0.2, -0.15) is 0 Å². The molecule has 0 aliphatic rings. The fraction of sp³-hybridized carbons (Fsp3) is 0.300. The molecule has 6 heteroatoms. The van der Waals surface area contributed by atoms with Crippen molar-refractivity contribution >= 4 is 41.2 Å². The molecular weight excluding hydrogens is 371 g/mol. The van der Waals surface area contributed by atoms with Crippen LogP contribution in [0.3, 0.4) is 0 Å². The van der Waals surface area contributed by atoms with Gasteiger partial charge in [-0.1, -0.05) is 29.3 Å². The highest BCUT2D eigenvalue weighted by molar-refractivity contribution is 6.42. The lowest BCUT2D eigenvalue weighted by atomic mass is 10.0. The minimum atomic E-state index is -0.377. The molecule has 4 nitrogen and oxygen atoms in total. The quantitative estimate of drug-likeness (QED) is 0.366. The molecule has 0 spiro atoms. The Hall–Kier alpha value is -2.04. The number of aryl methyl sites for hydroxylation is 2. The molecular formula is C20H22Cl2N2O2. The maximum absolute atomic E-state index is 12.4. The van der Waals surface area contributed by atoms with Gasteiger partial charge >= 0.3 is 5.97 Å². The van der Waals surface area contributed by atoms with Gasteiger partial charge in [0.2, 0.25) is 0 Å². The Morgan fingerprint density at radius 2 is 1.88 bits per heavy atom. The number of ether oxygens (including phenoxy) is 1. The van der Waals surface area contributed by atoms with E-state index in [0.29, 0.717) is 15.6 Å². The molecule has 0 saturated carbocycles. The number of carbonyl (C=O) groups is 1. The van der Waals surface area contributed by atoms with Crippen LogP contribution < -0.4 is 0 Å². The molecule has 0 heterocycles. The van der Waals surface area contributed by atoms with E-state index >= 15 is 0 Å². The van der Waals surface area contributed by atoms with Crippen LogP contribution in [0.1, 0.15) is 34.0 Å². The van der Waals surface area contributed by atoms with Crippen molar-refractivity contribution in [2.75, 3.05) is 13.6 Å². The van der Waals surface area contributed by atoms with E-state index in [1.807, 2.05) is 37.9 Å². The summed E-state index contributed by atoms with van der Waals surface area (Å²) in [6.45, 7) is 6.86. The summed E-state index contributed by atoms with van der Waals surface area (Å²) in [5.41, 5.74) is 3.89. The first-order valence-corrected chi connectivity index (χ1v) is 9.04. The minimum absolute atomic E-state index is 0.134. The van der Waals surface area contributed by atoms with Gasteiger partial charge < -0.3 is 9.64 Å². The van der Waals surface area contributed by atoms with Gasteiger partial charge in [0.15, 0.2) is 0 Å². The number of esters is 1. The van der Waals surface area contributed by atoms with Crippen LogP contribution in [0, 0.1) is 13.8 Å². The Balaban J connectivity index is 2.12. The molecule has 0 N–H and O–H groups in total. The number of rotatable bonds is 6. The van der Waals surface area contributed by atoms with Crippen LogP contribution in [0.5, 0.6) is 0 Å². The summed E-state index contributed by atoms with van der Waals surface area (Å²) in [6, 6.07) is 8.86. The maximum Gasteiger partial charge on any atom is 0.338 e. The molecule has 26 heavy (non-hydrogen) atoms. The molecule has 138 valence electrons. The van der Waals surface area contributed by atoms with Crippen molar-refractivity contribution < 1.29 is 9.53 Å². The number of hydrogen-bond donors (Lipinski definition) is 0. The summed E-state index contributed by atoms with van der Waals surface area (Å²) in [5, 5.41) is 0.907.